The molecule has 7 heteroatoms. The molecule has 112 valence electrons. The molecule has 4 nitrogen and oxygen atoms in total. The molecule has 1 N–H and O–H groups in total. The summed E-state index contributed by atoms with van der Waals surface area (Å²) < 4.78 is 29.4. The molecule has 2 rings (SSSR count). The van der Waals surface area contributed by atoms with Crippen molar-refractivity contribution in [3.05, 3.63) is 23.7 Å². The number of nitrogens with zero attached hydrogens (tertiary/aromatic N) is 1. The topological polar surface area (TPSA) is 53.7 Å². The number of hydrogen-bond acceptors (Lipinski definition) is 4. The Morgan fingerprint density at radius 2 is 2.15 bits per heavy atom. The summed E-state index contributed by atoms with van der Waals surface area (Å²) in [5.41, 5.74) is -0.723. The highest BCUT2D eigenvalue weighted by Gasteiger charge is 2.30. The van der Waals surface area contributed by atoms with E-state index in [1.807, 2.05) is 0 Å². The van der Waals surface area contributed by atoms with Crippen molar-refractivity contribution in [1.29, 1.82) is 0 Å². The van der Waals surface area contributed by atoms with Crippen LogP contribution in [0.15, 0.2) is 16.5 Å². The van der Waals surface area contributed by atoms with Gasteiger partial charge < -0.3 is 14.4 Å². The minimum atomic E-state index is -2.46. The van der Waals surface area contributed by atoms with Crippen molar-refractivity contribution in [1.82, 2.24) is 4.90 Å². The summed E-state index contributed by atoms with van der Waals surface area (Å²) in [6.07, 6.45) is 1.04. The van der Waals surface area contributed by atoms with Crippen LogP contribution in [0.5, 0.6) is 0 Å². The van der Waals surface area contributed by atoms with E-state index in [4.69, 9.17) is 4.42 Å². The Balaban J connectivity index is 1.93. The van der Waals surface area contributed by atoms with Gasteiger partial charge in [-0.3, -0.25) is 4.79 Å². The average molecular weight is 305 g/mol. The van der Waals surface area contributed by atoms with Crippen LogP contribution in [0.1, 0.15) is 36.1 Å². The van der Waals surface area contributed by atoms with Crippen molar-refractivity contribution in [3.63, 3.8) is 0 Å². The van der Waals surface area contributed by atoms with E-state index in [0.29, 0.717) is 43.5 Å². The first kappa shape index (κ1) is 15.3. The van der Waals surface area contributed by atoms with Crippen LogP contribution in [-0.2, 0) is 5.75 Å². The summed E-state index contributed by atoms with van der Waals surface area (Å²) in [6.45, 7) is 2.68. The number of halogens is 2. The lowest BCUT2D eigenvalue weighted by atomic mass is 9.94. The van der Waals surface area contributed by atoms with E-state index in [9.17, 15) is 18.7 Å². The predicted octanol–water partition coefficient (Wildman–Crippen LogP) is 2.72. The Labute approximate surface area is 120 Å². The standard InChI is InChI=1S/C13H17F2NO3S/c1-13(18)4-6-16(7-5-13)11(17)10-3-2-9(19-10)8-20-12(14)15/h2-3,12,18H,4-8H2,1H3. The Kier molecular flexibility index (Phi) is 4.70. The first-order chi connectivity index (χ1) is 9.37. The number of alkyl halides is 2. The number of rotatable bonds is 4. The van der Waals surface area contributed by atoms with Crippen molar-refractivity contribution in [2.45, 2.75) is 36.9 Å². The quantitative estimate of drug-likeness (QED) is 0.929. The van der Waals surface area contributed by atoms with E-state index in [0.717, 1.165) is 0 Å². The summed E-state index contributed by atoms with van der Waals surface area (Å²) in [5, 5.41) is 9.84. The number of hydrogen-bond donors (Lipinski definition) is 1. The number of furan rings is 1. The van der Waals surface area contributed by atoms with Gasteiger partial charge in [0.15, 0.2) is 5.76 Å². The van der Waals surface area contributed by atoms with Gasteiger partial charge in [0.1, 0.15) is 5.76 Å². The molecule has 0 radical (unpaired) electrons. The van der Waals surface area contributed by atoms with Gasteiger partial charge >= 0.3 is 0 Å². The van der Waals surface area contributed by atoms with Crippen molar-refractivity contribution in [3.8, 4) is 0 Å². The van der Waals surface area contributed by atoms with Crippen molar-refractivity contribution in [2.24, 2.45) is 0 Å². The van der Waals surface area contributed by atoms with Crippen LogP contribution in [-0.4, -0.2) is 40.4 Å². The molecule has 1 fully saturated rings. The summed E-state index contributed by atoms with van der Waals surface area (Å²) >= 11 is 0.460. The van der Waals surface area contributed by atoms with Gasteiger partial charge in [-0.05, 0) is 31.9 Å². The fourth-order valence-electron chi connectivity index (χ4n) is 2.06. The number of aliphatic hydroxyl groups is 1. The molecule has 0 saturated carbocycles. The Bertz CT molecular complexity index is 466. The lowest BCUT2D eigenvalue weighted by Gasteiger charge is -2.35. The maximum atomic E-state index is 12.2. The maximum Gasteiger partial charge on any atom is 0.289 e. The van der Waals surface area contributed by atoms with Crippen LogP contribution >= 0.6 is 11.8 Å². The third kappa shape index (κ3) is 3.96. The highest BCUT2D eigenvalue weighted by molar-refractivity contribution is 7.98. The van der Waals surface area contributed by atoms with Gasteiger partial charge in [0.25, 0.3) is 11.7 Å². The molecular weight excluding hydrogens is 288 g/mol. The zero-order valence-corrected chi connectivity index (χ0v) is 12.0. The molecule has 0 bridgehead atoms. The summed E-state index contributed by atoms with van der Waals surface area (Å²) in [4.78, 5) is 13.8. The van der Waals surface area contributed by atoms with Gasteiger partial charge in [0.05, 0.1) is 11.4 Å². The van der Waals surface area contributed by atoms with Crippen LogP contribution in [0.4, 0.5) is 8.78 Å². The second kappa shape index (κ2) is 6.13. The van der Waals surface area contributed by atoms with Gasteiger partial charge in [-0.15, -0.1) is 0 Å². The van der Waals surface area contributed by atoms with Crippen LogP contribution in [0.25, 0.3) is 0 Å². The fraction of sp³-hybridized carbons (Fsp3) is 0.615. The Morgan fingerprint density at radius 1 is 1.50 bits per heavy atom. The van der Waals surface area contributed by atoms with Crippen LogP contribution < -0.4 is 0 Å². The van der Waals surface area contributed by atoms with E-state index in [-0.39, 0.29) is 17.4 Å². The Morgan fingerprint density at radius 3 is 2.75 bits per heavy atom. The number of thioether (sulfide) groups is 1. The molecule has 1 saturated heterocycles. The first-order valence-corrected chi connectivity index (χ1v) is 7.42. The molecule has 1 aromatic heterocycles. The number of carbonyl (C=O) groups excluding carboxylic acids is 1. The van der Waals surface area contributed by atoms with Crippen molar-refractivity contribution in [2.75, 3.05) is 13.1 Å². The maximum absolute atomic E-state index is 12.2. The predicted molar refractivity (Wildman–Crippen MR) is 71.8 cm³/mol. The minimum absolute atomic E-state index is 0.0413. The van der Waals surface area contributed by atoms with Crippen LogP contribution in [0.2, 0.25) is 0 Å². The molecule has 0 unspecified atom stereocenters. The molecule has 1 amide bonds. The fourth-order valence-corrected chi connectivity index (χ4v) is 2.51. The van der Waals surface area contributed by atoms with Gasteiger partial charge in [-0.25, -0.2) is 0 Å². The molecule has 0 aromatic carbocycles. The smallest absolute Gasteiger partial charge is 0.289 e. The second-order valence-electron chi connectivity index (χ2n) is 5.13. The van der Waals surface area contributed by atoms with Crippen molar-refractivity contribution >= 4 is 17.7 Å². The zero-order chi connectivity index (χ0) is 14.8. The minimum Gasteiger partial charge on any atom is -0.455 e. The lowest BCUT2D eigenvalue weighted by Crippen LogP contribution is -2.45. The molecule has 0 spiro atoms. The molecule has 0 aliphatic carbocycles. The summed E-state index contributed by atoms with van der Waals surface area (Å²) in [5.74, 6) is -2.14. The third-order valence-corrected chi connectivity index (χ3v) is 4.05. The zero-order valence-electron chi connectivity index (χ0n) is 11.1. The SMILES string of the molecule is CC1(O)CCN(C(=O)c2ccc(CSC(F)F)o2)CC1. The number of carbonyl (C=O) groups is 1. The van der Waals surface area contributed by atoms with Crippen LogP contribution in [0.3, 0.4) is 0 Å². The highest BCUT2D eigenvalue weighted by atomic mass is 32.2. The molecule has 1 aromatic rings. The third-order valence-electron chi connectivity index (χ3n) is 3.35. The van der Waals surface area contributed by atoms with Gasteiger partial charge in [-0.2, -0.15) is 8.78 Å². The summed E-state index contributed by atoms with van der Waals surface area (Å²) in [6, 6.07) is 3.05. The molecule has 1 aliphatic rings. The van der Waals surface area contributed by atoms with Gasteiger partial charge in [-0.1, -0.05) is 11.8 Å². The van der Waals surface area contributed by atoms with E-state index >= 15 is 0 Å². The molecule has 1 aliphatic heterocycles. The van der Waals surface area contributed by atoms with Crippen molar-refractivity contribution < 1.29 is 23.1 Å². The van der Waals surface area contributed by atoms with E-state index < -0.39 is 11.4 Å². The molecule has 2 heterocycles. The van der Waals surface area contributed by atoms with Crippen LogP contribution in [0, 0.1) is 0 Å². The molecular formula is C13H17F2NO3S. The number of likely N-dealkylation sites (tertiary alicyclic amines) is 1. The van der Waals surface area contributed by atoms with E-state index in [2.05, 4.69) is 0 Å². The largest absolute Gasteiger partial charge is 0.455 e. The molecule has 0 atom stereocenters. The lowest BCUT2D eigenvalue weighted by molar-refractivity contribution is -0.00291. The summed E-state index contributed by atoms with van der Waals surface area (Å²) in [7, 11) is 0. The van der Waals surface area contributed by atoms with Gasteiger partial charge in [0, 0.05) is 13.1 Å². The number of amides is 1. The van der Waals surface area contributed by atoms with E-state index in [1.54, 1.807) is 17.9 Å². The van der Waals surface area contributed by atoms with Gasteiger partial charge in [0.2, 0.25) is 0 Å². The van der Waals surface area contributed by atoms with E-state index in [1.165, 1.54) is 6.07 Å². The second-order valence-corrected chi connectivity index (χ2v) is 6.11. The average Bonchev–Trinajstić information content (AvgIpc) is 2.84. The highest BCUT2D eigenvalue weighted by Crippen LogP contribution is 2.24. The normalized spacial score (nSPS) is 18.6. The first-order valence-electron chi connectivity index (χ1n) is 6.37. The monoisotopic (exact) mass is 305 g/mol. The number of piperidine rings is 1. The Hall–Kier alpha value is -1.08. The molecule has 20 heavy (non-hydrogen) atoms.